The number of benzene rings is 1. The van der Waals surface area contributed by atoms with Crippen molar-refractivity contribution in [3.63, 3.8) is 0 Å². The van der Waals surface area contributed by atoms with E-state index in [2.05, 4.69) is 29.7 Å². The summed E-state index contributed by atoms with van der Waals surface area (Å²) >= 11 is 0. The molecule has 2 heteroatoms. The first-order chi connectivity index (χ1) is 8.81. The molecule has 0 atom stereocenters. The fourth-order valence-corrected chi connectivity index (χ4v) is 2.78. The number of fused-ring (bicyclic) bond motifs is 1. The summed E-state index contributed by atoms with van der Waals surface area (Å²) in [6.07, 6.45) is 4.59. The van der Waals surface area contributed by atoms with Crippen LogP contribution in [0, 0.1) is 0 Å². The van der Waals surface area contributed by atoms with Gasteiger partial charge in [0.05, 0.1) is 6.61 Å². The van der Waals surface area contributed by atoms with Crippen LogP contribution in [0.1, 0.15) is 24.0 Å². The zero-order valence-electron chi connectivity index (χ0n) is 11.0. The van der Waals surface area contributed by atoms with Gasteiger partial charge in [0.1, 0.15) is 5.75 Å². The molecule has 2 nitrogen and oxygen atoms in total. The van der Waals surface area contributed by atoms with Gasteiger partial charge >= 0.3 is 0 Å². The van der Waals surface area contributed by atoms with Gasteiger partial charge in [0.2, 0.25) is 0 Å². The molecule has 0 saturated carbocycles. The van der Waals surface area contributed by atoms with E-state index in [-0.39, 0.29) is 0 Å². The first kappa shape index (κ1) is 11.8. The second-order valence-electron chi connectivity index (χ2n) is 5.38. The molecule has 0 spiro atoms. The Morgan fingerprint density at radius 2 is 2.00 bits per heavy atom. The molecule has 0 unspecified atom stereocenters. The summed E-state index contributed by atoms with van der Waals surface area (Å²) in [5.74, 6) is 1.09. The van der Waals surface area contributed by atoms with Crippen LogP contribution in [0.5, 0.6) is 5.75 Å². The predicted octanol–water partition coefficient (Wildman–Crippen LogP) is 2.82. The summed E-state index contributed by atoms with van der Waals surface area (Å²) in [6, 6.07) is 6.67. The Morgan fingerprint density at radius 3 is 2.83 bits per heavy atom. The minimum absolute atomic E-state index is 0.854. The average Bonchev–Trinajstić information content (AvgIpc) is 2.85. The van der Waals surface area contributed by atoms with Gasteiger partial charge in [-0.05, 0) is 36.5 Å². The minimum atomic E-state index is 0.854. The minimum Gasteiger partial charge on any atom is -0.493 e. The molecule has 1 aromatic rings. The van der Waals surface area contributed by atoms with Crippen LogP contribution in [0.2, 0.25) is 0 Å². The molecule has 0 amide bonds. The third kappa shape index (κ3) is 2.59. The highest BCUT2D eigenvalue weighted by molar-refractivity contribution is 5.39. The first-order valence-corrected chi connectivity index (χ1v) is 6.95. The van der Waals surface area contributed by atoms with Crippen LogP contribution in [0.15, 0.2) is 30.4 Å². The highest BCUT2D eigenvalue weighted by Crippen LogP contribution is 2.26. The maximum Gasteiger partial charge on any atom is 0.122 e. The zero-order valence-corrected chi connectivity index (χ0v) is 11.0. The summed E-state index contributed by atoms with van der Waals surface area (Å²) in [6.45, 7) is 8.47. The van der Waals surface area contributed by atoms with E-state index in [4.69, 9.17) is 4.74 Å². The molecule has 18 heavy (non-hydrogen) atoms. The van der Waals surface area contributed by atoms with Gasteiger partial charge < -0.3 is 9.64 Å². The van der Waals surface area contributed by atoms with Crippen molar-refractivity contribution in [2.75, 3.05) is 26.2 Å². The number of ether oxygens (including phenoxy) is 1. The summed E-state index contributed by atoms with van der Waals surface area (Å²) in [4.78, 5) is 2.55. The molecule has 0 bridgehead atoms. The van der Waals surface area contributed by atoms with E-state index < -0.39 is 0 Å². The molecular formula is C16H21NO. The van der Waals surface area contributed by atoms with Gasteiger partial charge in [-0.1, -0.05) is 24.3 Å². The molecule has 0 aliphatic carbocycles. The van der Waals surface area contributed by atoms with Crippen molar-refractivity contribution in [2.45, 2.75) is 25.7 Å². The Labute approximate surface area is 109 Å². The van der Waals surface area contributed by atoms with Crippen molar-refractivity contribution in [2.24, 2.45) is 0 Å². The van der Waals surface area contributed by atoms with Crippen LogP contribution in [-0.2, 0) is 12.8 Å². The van der Waals surface area contributed by atoms with E-state index in [9.17, 15) is 0 Å². The van der Waals surface area contributed by atoms with Gasteiger partial charge in [0, 0.05) is 26.1 Å². The molecule has 1 saturated heterocycles. The Balaban J connectivity index is 1.55. The molecule has 1 aromatic carbocycles. The van der Waals surface area contributed by atoms with Gasteiger partial charge in [-0.2, -0.15) is 0 Å². The third-order valence-electron chi connectivity index (χ3n) is 4.03. The highest BCUT2D eigenvalue weighted by atomic mass is 16.5. The number of nitrogens with zero attached hydrogens (tertiary/aromatic N) is 1. The fourth-order valence-electron chi connectivity index (χ4n) is 2.78. The molecule has 2 heterocycles. The van der Waals surface area contributed by atoms with Gasteiger partial charge in [-0.3, -0.25) is 0 Å². The molecule has 96 valence electrons. The van der Waals surface area contributed by atoms with Gasteiger partial charge in [-0.15, -0.1) is 0 Å². The van der Waals surface area contributed by atoms with Crippen LogP contribution >= 0.6 is 0 Å². The lowest BCUT2D eigenvalue weighted by molar-refractivity contribution is 0.260. The summed E-state index contributed by atoms with van der Waals surface area (Å²) in [5, 5.41) is 0. The smallest absolute Gasteiger partial charge is 0.122 e. The molecule has 0 radical (unpaired) electrons. The molecule has 0 N–H and O–H groups in total. The quantitative estimate of drug-likeness (QED) is 0.757. The predicted molar refractivity (Wildman–Crippen MR) is 74.2 cm³/mol. The molecule has 1 fully saturated rings. The zero-order chi connectivity index (χ0) is 12.4. The second-order valence-corrected chi connectivity index (χ2v) is 5.38. The molecule has 2 aliphatic rings. The Bertz CT molecular complexity index is 442. The van der Waals surface area contributed by atoms with E-state index in [1.165, 1.54) is 49.2 Å². The van der Waals surface area contributed by atoms with Crippen LogP contribution < -0.4 is 4.74 Å². The van der Waals surface area contributed by atoms with Gasteiger partial charge in [0.15, 0.2) is 0 Å². The number of hydrogen-bond donors (Lipinski definition) is 0. The lowest BCUT2D eigenvalue weighted by Gasteiger charge is -2.27. The van der Waals surface area contributed by atoms with Gasteiger partial charge in [-0.25, -0.2) is 0 Å². The molecule has 0 aromatic heterocycles. The van der Waals surface area contributed by atoms with E-state index in [1.54, 1.807) is 0 Å². The van der Waals surface area contributed by atoms with Crippen LogP contribution in [0.25, 0.3) is 0 Å². The topological polar surface area (TPSA) is 12.5 Å². The highest BCUT2D eigenvalue weighted by Gasteiger charge is 2.14. The number of hydrogen-bond acceptors (Lipinski definition) is 2. The average molecular weight is 243 g/mol. The van der Waals surface area contributed by atoms with E-state index in [0.717, 1.165) is 25.2 Å². The van der Waals surface area contributed by atoms with Gasteiger partial charge in [0.25, 0.3) is 0 Å². The molecule has 2 aliphatic heterocycles. The van der Waals surface area contributed by atoms with E-state index >= 15 is 0 Å². The number of likely N-dealkylation sites (tertiary alicyclic amines) is 1. The number of rotatable bonds is 3. The van der Waals surface area contributed by atoms with Crippen molar-refractivity contribution >= 4 is 0 Å². The largest absolute Gasteiger partial charge is 0.493 e. The maximum atomic E-state index is 5.54. The standard InChI is InChI=1S/C16H21NO/c1-13-4-8-17(9-5-13)10-6-14-2-3-16-15(12-14)7-11-18-16/h2-3,12H,1,4-11H2. The first-order valence-electron chi connectivity index (χ1n) is 6.95. The lowest BCUT2D eigenvalue weighted by atomic mass is 10.0. The SMILES string of the molecule is C=C1CCN(CCc2ccc3c(c2)CCO3)CC1. The molecular weight excluding hydrogens is 222 g/mol. The lowest BCUT2D eigenvalue weighted by Crippen LogP contribution is -2.32. The Morgan fingerprint density at radius 1 is 1.17 bits per heavy atom. The monoisotopic (exact) mass is 243 g/mol. The fraction of sp³-hybridized carbons (Fsp3) is 0.500. The Hall–Kier alpha value is -1.28. The van der Waals surface area contributed by atoms with Crippen LogP contribution in [0.3, 0.4) is 0 Å². The normalized spacial score (nSPS) is 19.7. The van der Waals surface area contributed by atoms with Crippen LogP contribution in [0.4, 0.5) is 0 Å². The van der Waals surface area contributed by atoms with Crippen molar-refractivity contribution in [3.05, 3.63) is 41.5 Å². The second kappa shape index (κ2) is 5.15. The number of piperidine rings is 1. The van der Waals surface area contributed by atoms with E-state index in [0.29, 0.717) is 0 Å². The van der Waals surface area contributed by atoms with Crippen molar-refractivity contribution in [1.82, 2.24) is 4.90 Å². The summed E-state index contributed by atoms with van der Waals surface area (Å²) in [5.41, 5.74) is 4.25. The van der Waals surface area contributed by atoms with E-state index in [1.807, 2.05) is 0 Å². The van der Waals surface area contributed by atoms with Crippen molar-refractivity contribution in [1.29, 1.82) is 0 Å². The van der Waals surface area contributed by atoms with Crippen molar-refractivity contribution < 1.29 is 4.74 Å². The maximum absolute atomic E-state index is 5.54. The molecule has 3 rings (SSSR count). The Kier molecular flexibility index (Phi) is 3.37. The van der Waals surface area contributed by atoms with Crippen molar-refractivity contribution in [3.8, 4) is 5.75 Å². The third-order valence-corrected chi connectivity index (χ3v) is 4.03. The van der Waals surface area contributed by atoms with Crippen LogP contribution in [-0.4, -0.2) is 31.1 Å². The summed E-state index contributed by atoms with van der Waals surface area (Å²) < 4.78 is 5.54. The summed E-state index contributed by atoms with van der Waals surface area (Å²) in [7, 11) is 0.